The molecule has 1 aromatic heterocycles. The van der Waals surface area contributed by atoms with Crippen LogP contribution in [0.4, 0.5) is 0 Å². The lowest BCUT2D eigenvalue weighted by atomic mass is 10.2. The van der Waals surface area contributed by atoms with Crippen LogP contribution in [-0.2, 0) is 21.4 Å². The van der Waals surface area contributed by atoms with Crippen LogP contribution in [0.15, 0.2) is 6.08 Å². The highest BCUT2D eigenvalue weighted by Crippen LogP contribution is 2.13. The molecule has 0 aliphatic carbocycles. The van der Waals surface area contributed by atoms with Gasteiger partial charge in [0.2, 0.25) is 5.91 Å². The first-order valence-electron chi connectivity index (χ1n) is 6.94. The van der Waals surface area contributed by atoms with Crippen molar-refractivity contribution in [1.82, 2.24) is 14.7 Å². The quantitative estimate of drug-likeness (QED) is 0.588. The summed E-state index contributed by atoms with van der Waals surface area (Å²) in [5.74, 6) is -0.621. The first-order chi connectivity index (χ1) is 9.90. The Morgan fingerprint density at radius 2 is 2.05 bits per heavy atom. The van der Waals surface area contributed by atoms with Gasteiger partial charge in [-0.25, -0.2) is 0 Å². The molecule has 0 fully saturated rings. The molecule has 0 saturated heterocycles. The van der Waals surface area contributed by atoms with E-state index in [0.717, 1.165) is 23.4 Å². The predicted octanol–water partition coefficient (Wildman–Crippen LogP) is 1.46. The zero-order chi connectivity index (χ0) is 16.0. The van der Waals surface area contributed by atoms with Crippen molar-refractivity contribution in [2.75, 3.05) is 20.2 Å². The maximum atomic E-state index is 12.2. The minimum Gasteiger partial charge on any atom is -0.468 e. The topological polar surface area (TPSA) is 64.4 Å². The average molecular weight is 293 g/mol. The van der Waals surface area contributed by atoms with E-state index in [4.69, 9.17) is 0 Å². The smallest absolute Gasteiger partial charge is 0.325 e. The third-order valence-corrected chi connectivity index (χ3v) is 3.31. The van der Waals surface area contributed by atoms with Crippen molar-refractivity contribution < 1.29 is 14.3 Å². The summed E-state index contributed by atoms with van der Waals surface area (Å²) in [7, 11) is 3.18. The fourth-order valence-electron chi connectivity index (χ4n) is 2.05. The van der Waals surface area contributed by atoms with Crippen molar-refractivity contribution >= 4 is 18.0 Å². The van der Waals surface area contributed by atoms with Crippen molar-refractivity contribution in [3.63, 3.8) is 0 Å². The maximum absolute atomic E-state index is 12.2. The number of nitrogens with zero attached hydrogens (tertiary/aromatic N) is 3. The molecule has 0 aromatic carbocycles. The van der Waals surface area contributed by atoms with E-state index in [1.807, 2.05) is 27.8 Å². The lowest BCUT2D eigenvalue weighted by Crippen LogP contribution is -2.35. The van der Waals surface area contributed by atoms with Gasteiger partial charge in [-0.15, -0.1) is 0 Å². The van der Waals surface area contributed by atoms with Gasteiger partial charge in [-0.3, -0.25) is 14.3 Å². The Balaban J connectivity index is 2.85. The van der Waals surface area contributed by atoms with Crippen molar-refractivity contribution in [1.29, 1.82) is 0 Å². The Kier molecular flexibility index (Phi) is 6.14. The fraction of sp³-hybridized carbons (Fsp3) is 0.533. The molecule has 0 bridgehead atoms. The predicted molar refractivity (Wildman–Crippen MR) is 80.6 cm³/mol. The maximum Gasteiger partial charge on any atom is 0.325 e. The molecule has 0 radical (unpaired) electrons. The van der Waals surface area contributed by atoms with Crippen LogP contribution in [0, 0.1) is 13.8 Å². The zero-order valence-electron chi connectivity index (χ0n) is 13.3. The summed E-state index contributed by atoms with van der Waals surface area (Å²) < 4.78 is 6.39. The summed E-state index contributed by atoms with van der Waals surface area (Å²) >= 11 is 0. The molecule has 0 aliphatic rings. The molecule has 0 saturated carbocycles. The van der Waals surface area contributed by atoms with Crippen LogP contribution in [0.1, 0.15) is 30.3 Å². The number of carbonyl (C=O) groups is 2. The summed E-state index contributed by atoms with van der Waals surface area (Å²) in [6.45, 7) is 6.29. The molecule has 21 heavy (non-hydrogen) atoms. The molecule has 1 amide bonds. The monoisotopic (exact) mass is 293 g/mol. The largest absolute Gasteiger partial charge is 0.468 e. The summed E-state index contributed by atoms with van der Waals surface area (Å²) in [6, 6.07) is 0. The van der Waals surface area contributed by atoms with Crippen LogP contribution in [0.2, 0.25) is 0 Å². The fourth-order valence-corrected chi connectivity index (χ4v) is 2.05. The Morgan fingerprint density at radius 3 is 2.52 bits per heavy atom. The van der Waals surface area contributed by atoms with Crippen molar-refractivity contribution in [3.8, 4) is 0 Å². The van der Waals surface area contributed by atoms with E-state index < -0.39 is 5.97 Å². The van der Waals surface area contributed by atoms with Gasteiger partial charge >= 0.3 is 5.97 Å². The molecular formula is C15H23N3O3. The van der Waals surface area contributed by atoms with Crippen molar-refractivity contribution in [2.45, 2.75) is 27.2 Å². The highest BCUT2D eigenvalue weighted by Gasteiger charge is 2.15. The van der Waals surface area contributed by atoms with Gasteiger partial charge in [-0.05, 0) is 26.3 Å². The number of hydrogen-bond acceptors (Lipinski definition) is 4. The number of carbonyl (C=O) groups excluding carboxylic acids is 2. The summed E-state index contributed by atoms with van der Waals surface area (Å²) in [4.78, 5) is 25.0. The third kappa shape index (κ3) is 4.44. The second-order valence-corrected chi connectivity index (χ2v) is 4.88. The van der Waals surface area contributed by atoms with Gasteiger partial charge < -0.3 is 9.64 Å². The molecule has 1 heterocycles. The number of aryl methyl sites for hydroxylation is 2. The Hall–Kier alpha value is -2.11. The van der Waals surface area contributed by atoms with Gasteiger partial charge in [-0.2, -0.15) is 5.10 Å². The van der Waals surface area contributed by atoms with Crippen LogP contribution in [0.5, 0.6) is 0 Å². The van der Waals surface area contributed by atoms with E-state index in [2.05, 4.69) is 9.84 Å². The highest BCUT2D eigenvalue weighted by atomic mass is 16.5. The lowest BCUT2D eigenvalue weighted by Gasteiger charge is -2.18. The third-order valence-electron chi connectivity index (χ3n) is 3.31. The normalized spacial score (nSPS) is 10.9. The van der Waals surface area contributed by atoms with E-state index in [9.17, 15) is 9.59 Å². The minimum absolute atomic E-state index is 0.0292. The molecule has 0 atom stereocenters. The average Bonchev–Trinajstić information content (AvgIpc) is 2.69. The second-order valence-electron chi connectivity index (χ2n) is 4.88. The van der Waals surface area contributed by atoms with Crippen LogP contribution in [-0.4, -0.2) is 46.8 Å². The van der Waals surface area contributed by atoms with Gasteiger partial charge in [0.05, 0.1) is 12.8 Å². The minimum atomic E-state index is -0.418. The first-order valence-corrected chi connectivity index (χ1v) is 6.94. The standard InChI is InChI=1S/C15H23N3O3/c1-6-9-18(10-15(20)21-5)14(19)8-7-13-11(2)16-17(4)12(13)3/h7-8H,6,9-10H2,1-5H3. The molecule has 0 aliphatic heterocycles. The molecule has 1 aromatic rings. The SMILES string of the molecule is CCCN(CC(=O)OC)C(=O)C=Cc1c(C)nn(C)c1C. The molecule has 0 unspecified atom stereocenters. The zero-order valence-corrected chi connectivity index (χ0v) is 13.3. The number of amides is 1. The number of hydrogen-bond donors (Lipinski definition) is 0. The van der Waals surface area contributed by atoms with Crippen LogP contribution >= 0.6 is 0 Å². The van der Waals surface area contributed by atoms with Crippen molar-refractivity contribution in [3.05, 3.63) is 23.0 Å². The molecule has 0 spiro atoms. The lowest BCUT2D eigenvalue weighted by molar-refractivity contribution is -0.145. The molecule has 1 rings (SSSR count). The number of methoxy groups -OCH3 is 1. The number of rotatable bonds is 6. The highest BCUT2D eigenvalue weighted by molar-refractivity contribution is 5.94. The summed E-state index contributed by atoms with van der Waals surface area (Å²) in [5, 5.41) is 4.30. The molecular weight excluding hydrogens is 270 g/mol. The second kappa shape index (κ2) is 7.61. The number of esters is 1. The Labute approximate surface area is 125 Å². The van der Waals surface area contributed by atoms with Crippen molar-refractivity contribution in [2.24, 2.45) is 7.05 Å². The first kappa shape index (κ1) is 16.9. The van der Waals surface area contributed by atoms with E-state index in [1.165, 1.54) is 18.1 Å². The van der Waals surface area contributed by atoms with E-state index in [0.29, 0.717) is 6.54 Å². The van der Waals surface area contributed by atoms with Gasteiger partial charge in [0, 0.05) is 30.9 Å². The van der Waals surface area contributed by atoms with E-state index >= 15 is 0 Å². The molecule has 6 nitrogen and oxygen atoms in total. The molecule has 116 valence electrons. The molecule has 6 heteroatoms. The summed E-state index contributed by atoms with van der Waals surface area (Å²) in [6.07, 6.45) is 4.01. The Bertz CT molecular complexity index is 547. The van der Waals surface area contributed by atoms with Gasteiger partial charge in [-0.1, -0.05) is 6.92 Å². The molecule has 0 N–H and O–H groups in total. The van der Waals surface area contributed by atoms with Gasteiger partial charge in [0.1, 0.15) is 6.54 Å². The van der Waals surface area contributed by atoms with Gasteiger partial charge in [0.15, 0.2) is 0 Å². The number of ether oxygens (including phenoxy) is 1. The van der Waals surface area contributed by atoms with E-state index in [1.54, 1.807) is 10.8 Å². The van der Waals surface area contributed by atoms with E-state index in [-0.39, 0.29) is 12.5 Å². The van der Waals surface area contributed by atoms with Gasteiger partial charge in [0.25, 0.3) is 0 Å². The van der Waals surface area contributed by atoms with Crippen LogP contribution in [0.25, 0.3) is 6.08 Å². The van der Waals surface area contributed by atoms with Crippen LogP contribution < -0.4 is 0 Å². The Morgan fingerprint density at radius 1 is 1.38 bits per heavy atom. The summed E-state index contributed by atoms with van der Waals surface area (Å²) in [5.41, 5.74) is 2.79. The number of aromatic nitrogens is 2. The van der Waals surface area contributed by atoms with Crippen LogP contribution in [0.3, 0.4) is 0 Å².